The van der Waals surface area contributed by atoms with Crippen molar-refractivity contribution in [1.82, 2.24) is 4.72 Å². The molecule has 0 aliphatic carbocycles. The summed E-state index contributed by atoms with van der Waals surface area (Å²) >= 11 is 11.7. The molecule has 2 aromatic rings. The highest BCUT2D eigenvalue weighted by atomic mass is 35.5. The Bertz CT molecular complexity index is 848. The second-order valence-corrected chi connectivity index (χ2v) is 7.63. The first-order valence-electron chi connectivity index (χ1n) is 7.33. The molecular weight excluding hydrogens is 383 g/mol. The van der Waals surface area contributed by atoms with Crippen LogP contribution in [0.3, 0.4) is 0 Å². The van der Waals surface area contributed by atoms with Gasteiger partial charge < -0.3 is 5.32 Å². The first-order chi connectivity index (χ1) is 11.8. The van der Waals surface area contributed by atoms with Crippen molar-refractivity contribution < 1.29 is 13.2 Å². The number of carbonyl (C=O) groups is 1. The van der Waals surface area contributed by atoms with E-state index in [1.165, 1.54) is 6.08 Å². The van der Waals surface area contributed by atoms with E-state index in [1.54, 1.807) is 30.3 Å². The van der Waals surface area contributed by atoms with Crippen molar-refractivity contribution in [3.63, 3.8) is 0 Å². The maximum Gasteiger partial charge on any atom is 0.233 e. The fourth-order valence-electron chi connectivity index (χ4n) is 1.94. The maximum atomic E-state index is 11.9. The lowest BCUT2D eigenvalue weighted by Gasteiger charge is -2.07. The Hall–Kier alpha value is -1.86. The Morgan fingerprint density at radius 3 is 2.32 bits per heavy atom. The van der Waals surface area contributed by atoms with Crippen LogP contribution in [0.1, 0.15) is 12.0 Å². The Labute approximate surface area is 156 Å². The molecule has 0 aliphatic rings. The number of carbonyl (C=O) groups excluding carboxylic acids is 1. The number of benzene rings is 2. The summed E-state index contributed by atoms with van der Waals surface area (Å²) in [6.45, 7) is -0.0262. The van der Waals surface area contributed by atoms with E-state index in [-0.39, 0.29) is 18.9 Å². The van der Waals surface area contributed by atoms with Gasteiger partial charge in [0, 0.05) is 34.1 Å². The zero-order valence-electron chi connectivity index (χ0n) is 13.1. The third kappa shape index (κ3) is 7.27. The monoisotopic (exact) mass is 398 g/mol. The molecule has 0 aliphatic heterocycles. The minimum absolute atomic E-state index is 0.0253. The van der Waals surface area contributed by atoms with Crippen LogP contribution in [-0.2, 0) is 14.8 Å². The molecule has 0 heterocycles. The third-order valence-corrected chi connectivity index (χ3v) is 4.58. The normalized spacial score (nSPS) is 11.6. The summed E-state index contributed by atoms with van der Waals surface area (Å²) in [7, 11) is -3.61. The zero-order valence-corrected chi connectivity index (χ0v) is 15.4. The summed E-state index contributed by atoms with van der Waals surface area (Å²) < 4.78 is 26.1. The number of halogens is 2. The molecule has 0 spiro atoms. The van der Waals surface area contributed by atoms with E-state index in [0.717, 1.165) is 11.0 Å². The molecule has 0 fully saturated rings. The maximum absolute atomic E-state index is 11.9. The van der Waals surface area contributed by atoms with Crippen molar-refractivity contribution in [3.05, 3.63) is 69.5 Å². The molecule has 0 bridgehead atoms. The molecular formula is C17H16Cl2N2O3S. The van der Waals surface area contributed by atoms with E-state index in [1.807, 2.05) is 18.2 Å². The van der Waals surface area contributed by atoms with Crippen molar-refractivity contribution in [1.29, 1.82) is 0 Å². The molecule has 2 aromatic carbocycles. The van der Waals surface area contributed by atoms with Gasteiger partial charge in [0.15, 0.2) is 0 Å². The number of anilines is 1. The van der Waals surface area contributed by atoms with Crippen LogP contribution in [0.15, 0.2) is 53.9 Å². The average Bonchev–Trinajstić information content (AvgIpc) is 2.53. The van der Waals surface area contributed by atoms with Crippen molar-refractivity contribution >= 4 is 50.9 Å². The van der Waals surface area contributed by atoms with Gasteiger partial charge in [0.05, 0.1) is 0 Å². The standard InChI is InChI=1S/C17H16Cl2N2O3S/c18-14-10-15(19)12-16(11-14)21-17(22)6-8-20-25(23,24)9-7-13-4-2-1-3-5-13/h1-5,7,9-12,20H,6,8H2,(H,21,22). The third-order valence-electron chi connectivity index (χ3n) is 3.04. The van der Waals surface area contributed by atoms with Crippen molar-refractivity contribution in [2.75, 3.05) is 11.9 Å². The largest absolute Gasteiger partial charge is 0.326 e. The Balaban J connectivity index is 1.82. The number of hydrogen-bond acceptors (Lipinski definition) is 3. The summed E-state index contributed by atoms with van der Waals surface area (Å²) in [5, 5.41) is 4.47. The van der Waals surface area contributed by atoms with Crippen LogP contribution in [-0.4, -0.2) is 20.9 Å². The number of rotatable bonds is 7. The van der Waals surface area contributed by atoms with Crippen molar-refractivity contribution in [2.24, 2.45) is 0 Å². The molecule has 2 rings (SSSR count). The summed E-state index contributed by atoms with van der Waals surface area (Å²) in [5.74, 6) is -0.354. The van der Waals surface area contributed by atoms with Crippen LogP contribution in [0, 0.1) is 0 Å². The molecule has 0 atom stereocenters. The molecule has 2 N–H and O–H groups in total. The zero-order chi connectivity index (χ0) is 18.3. The minimum atomic E-state index is -3.61. The average molecular weight is 399 g/mol. The van der Waals surface area contributed by atoms with E-state index >= 15 is 0 Å². The van der Waals surface area contributed by atoms with Crippen molar-refractivity contribution in [2.45, 2.75) is 6.42 Å². The van der Waals surface area contributed by atoms with Gasteiger partial charge in [-0.05, 0) is 29.8 Å². The summed E-state index contributed by atoms with van der Waals surface area (Å²) in [4.78, 5) is 11.9. The highest BCUT2D eigenvalue weighted by Crippen LogP contribution is 2.22. The van der Waals surface area contributed by atoms with E-state index in [0.29, 0.717) is 15.7 Å². The van der Waals surface area contributed by atoms with Gasteiger partial charge in [-0.25, -0.2) is 13.1 Å². The molecule has 1 amide bonds. The molecule has 0 saturated heterocycles. The predicted molar refractivity (Wildman–Crippen MR) is 102 cm³/mol. The van der Waals surface area contributed by atoms with Gasteiger partial charge in [0.1, 0.15) is 0 Å². The van der Waals surface area contributed by atoms with Crippen LogP contribution >= 0.6 is 23.2 Å². The number of hydrogen-bond donors (Lipinski definition) is 2. The highest BCUT2D eigenvalue weighted by Gasteiger charge is 2.08. The number of amides is 1. The van der Waals surface area contributed by atoms with Crippen LogP contribution in [0.25, 0.3) is 6.08 Å². The fourth-order valence-corrected chi connectivity index (χ4v) is 3.28. The number of sulfonamides is 1. The van der Waals surface area contributed by atoms with E-state index in [2.05, 4.69) is 10.0 Å². The van der Waals surface area contributed by atoms with E-state index in [4.69, 9.17) is 23.2 Å². The van der Waals surface area contributed by atoms with E-state index in [9.17, 15) is 13.2 Å². The quantitative estimate of drug-likeness (QED) is 0.741. The molecule has 25 heavy (non-hydrogen) atoms. The Morgan fingerprint density at radius 2 is 1.68 bits per heavy atom. The Kier molecular flexibility index (Phi) is 7.01. The molecule has 0 radical (unpaired) electrons. The lowest BCUT2D eigenvalue weighted by Crippen LogP contribution is -2.26. The predicted octanol–water partition coefficient (Wildman–Crippen LogP) is 3.91. The molecule has 132 valence electrons. The van der Waals surface area contributed by atoms with Crippen LogP contribution in [0.2, 0.25) is 10.0 Å². The van der Waals surface area contributed by atoms with Crippen LogP contribution in [0.5, 0.6) is 0 Å². The summed E-state index contributed by atoms with van der Waals surface area (Å²) in [6.07, 6.45) is 1.46. The second kappa shape index (κ2) is 9.01. The summed E-state index contributed by atoms with van der Waals surface area (Å²) in [5.41, 5.74) is 1.22. The summed E-state index contributed by atoms with van der Waals surface area (Å²) in [6, 6.07) is 13.7. The molecule has 0 aromatic heterocycles. The van der Waals surface area contributed by atoms with Gasteiger partial charge in [0.2, 0.25) is 15.9 Å². The van der Waals surface area contributed by atoms with E-state index < -0.39 is 10.0 Å². The lowest BCUT2D eigenvalue weighted by molar-refractivity contribution is -0.116. The number of nitrogens with one attached hydrogen (secondary N) is 2. The highest BCUT2D eigenvalue weighted by molar-refractivity contribution is 7.92. The van der Waals surface area contributed by atoms with Crippen LogP contribution in [0.4, 0.5) is 5.69 Å². The molecule has 5 nitrogen and oxygen atoms in total. The van der Waals surface area contributed by atoms with Crippen molar-refractivity contribution in [3.8, 4) is 0 Å². The minimum Gasteiger partial charge on any atom is -0.326 e. The smallest absolute Gasteiger partial charge is 0.233 e. The van der Waals surface area contributed by atoms with Gasteiger partial charge in [-0.15, -0.1) is 0 Å². The van der Waals surface area contributed by atoms with Crippen LogP contribution < -0.4 is 10.0 Å². The second-order valence-electron chi connectivity index (χ2n) is 5.11. The van der Waals surface area contributed by atoms with Gasteiger partial charge in [0.25, 0.3) is 0 Å². The lowest BCUT2D eigenvalue weighted by atomic mass is 10.2. The van der Waals surface area contributed by atoms with Gasteiger partial charge >= 0.3 is 0 Å². The topological polar surface area (TPSA) is 75.3 Å². The Morgan fingerprint density at radius 1 is 1.04 bits per heavy atom. The van der Waals surface area contributed by atoms with Gasteiger partial charge in [-0.1, -0.05) is 53.5 Å². The first kappa shape index (κ1) is 19.5. The SMILES string of the molecule is O=C(CCNS(=O)(=O)C=Cc1ccccc1)Nc1cc(Cl)cc(Cl)c1. The molecule has 8 heteroatoms. The molecule has 0 unspecified atom stereocenters. The molecule has 0 saturated carbocycles. The van der Waals surface area contributed by atoms with Gasteiger partial charge in [-0.2, -0.15) is 0 Å². The first-order valence-corrected chi connectivity index (χ1v) is 9.63. The van der Waals surface area contributed by atoms with Gasteiger partial charge in [-0.3, -0.25) is 4.79 Å². The fraction of sp³-hybridized carbons (Fsp3) is 0.118.